The van der Waals surface area contributed by atoms with Crippen molar-refractivity contribution in [3.8, 4) is 11.8 Å². The summed E-state index contributed by atoms with van der Waals surface area (Å²) in [5.74, 6) is 6.47. The third kappa shape index (κ3) is 11.5. The molecule has 2 saturated heterocycles. The first-order valence-electron chi connectivity index (χ1n) is 22.5. The van der Waals surface area contributed by atoms with E-state index in [0.29, 0.717) is 91.3 Å². The number of imide groups is 1. The number of carbonyl (C=O) groups is 5. The topological polar surface area (TPSA) is 187 Å². The molecule has 3 aromatic carbocycles. The zero-order valence-electron chi connectivity index (χ0n) is 36.5. The van der Waals surface area contributed by atoms with E-state index in [-0.39, 0.29) is 36.1 Å². The second-order valence-corrected chi connectivity index (χ2v) is 17.4. The van der Waals surface area contributed by atoms with Crippen molar-refractivity contribution in [1.82, 2.24) is 35.7 Å². The second kappa shape index (κ2) is 21.1. The number of nitrogens with one attached hydrogen (secondary N) is 5. The van der Waals surface area contributed by atoms with Crippen molar-refractivity contribution in [2.45, 2.75) is 95.3 Å². The van der Waals surface area contributed by atoms with Gasteiger partial charge >= 0.3 is 6.03 Å². The summed E-state index contributed by atoms with van der Waals surface area (Å²) >= 11 is 6.39. The lowest BCUT2D eigenvalue weighted by atomic mass is 9.89. The standard InChI is InChI=1S/C49H54ClN9O6/c1-31(60)39-7-2-3-8-42(39)55-45-41(50)29-52-48(57-45)53-37-12-10-33(11-13-37)34-21-24-58(25-22-34)49(64)54-38-16-14-36(15-17-38)51-23-27-65-26-5-4-6-32-9-18-40-35(28-32)30-59(47(40)63)43-19-20-44(61)56-46(43)62/h2-3,7-13,18,28-29,34,36,38,43,51H,5,14-17,19-27,30H2,1H3,(H,54,64)(H,56,61,62)(H2,52,53,55,57). The molecule has 1 saturated carbocycles. The highest BCUT2D eigenvalue weighted by Crippen LogP contribution is 2.32. The maximum absolute atomic E-state index is 13.2. The van der Waals surface area contributed by atoms with Gasteiger partial charge in [-0.1, -0.05) is 47.7 Å². The van der Waals surface area contributed by atoms with Crippen LogP contribution in [0.4, 0.5) is 27.9 Å². The fourth-order valence-electron chi connectivity index (χ4n) is 9.01. The molecule has 15 nitrogen and oxygen atoms in total. The Hall–Kier alpha value is -6.34. The molecule has 4 heterocycles. The summed E-state index contributed by atoms with van der Waals surface area (Å²) in [6, 6.07) is 20.9. The Morgan fingerprint density at radius 2 is 1.68 bits per heavy atom. The summed E-state index contributed by atoms with van der Waals surface area (Å²) < 4.78 is 5.82. The van der Waals surface area contributed by atoms with Gasteiger partial charge in [0, 0.05) is 73.5 Å². The van der Waals surface area contributed by atoms with Gasteiger partial charge in [-0.25, -0.2) is 9.78 Å². The van der Waals surface area contributed by atoms with Crippen molar-refractivity contribution in [2.75, 3.05) is 43.5 Å². The molecule has 338 valence electrons. The molecule has 3 aliphatic heterocycles. The predicted octanol–water partition coefficient (Wildman–Crippen LogP) is 6.83. The van der Waals surface area contributed by atoms with Crippen LogP contribution >= 0.6 is 11.6 Å². The van der Waals surface area contributed by atoms with Crippen molar-refractivity contribution < 1.29 is 28.7 Å². The number of aromatic nitrogens is 2. The zero-order chi connectivity index (χ0) is 45.3. The number of nitrogens with zero attached hydrogens (tertiary/aromatic N) is 4. The van der Waals surface area contributed by atoms with Crippen LogP contribution in [0.25, 0.3) is 0 Å². The molecule has 4 aliphatic rings. The highest BCUT2D eigenvalue weighted by molar-refractivity contribution is 6.33. The van der Waals surface area contributed by atoms with Crippen LogP contribution in [-0.4, -0.2) is 100 Å². The molecule has 1 unspecified atom stereocenters. The number of ether oxygens (including phenoxy) is 1. The molecule has 0 bridgehead atoms. The molecule has 8 rings (SSSR count). The summed E-state index contributed by atoms with van der Waals surface area (Å²) in [6.07, 6.45) is 8.33. The highest BCUT2D eigenvalue weighted by Gasteiger charge is 2.39. The smallest absolute Gasteiger partial charge is 0.317 e. The summed E-state index contributed by atoms with van der Waals surface area (Å²) in [4.78, 5) is 74.5. The lowest BCUT2D eigenvalue weighted by Crippen LogP contribution is -2.52. The molecule has 0 radical (unpaired) electrons. The van der Waals surface area contributed by atoms with Crippen LogP contribution in [0, 0.1) is 11.8 Å². The number of piperidine rings is 2. The van der Waals surface area contributed by atoms with Gasteiger partial charge in [0.1, 0.15) is 11.1 Å². The van der Waals surface area contributed by atoms with Gasteiger partial charge in [-0.15, -0.1) is 0 Å². The first kappa shape index (κ1) is 45.2. The lowest BCUT2D eigenvalue weighted by molar-refractivity contribution is -0.136. The number of fused-ring (bicyclic) bond motifs is 1. The van der Waals surface area contributed by atoms with Gasteiger partial charge in [0.15, 0.2) is 11.6 Å². The number of carbonyl (C=O) groups excluding carboxylic acids is 5. The molecule has 5 N–H and O–H groups in total. The Kier molecular flexibility index (Phi) is 14.7. The van der Waals surface area contributed by atoms with Crippen molar-refractivity contribution in [2.24, 2.45) is 0 Å². The summed E-state index contributed by atoms with van der Waals surface area (Å²) in [6.45, 7) is 5.12. The minimum absolute atomic E-state index is 0.0280. The number of urea groups is 1. The molecule has 4 aromatic rings. The number of anilines is 4. The third-order valence-electron chi connectivity index (χ3n) is 12.6. The van der Waals surface area contributed by atoms with Crippen molar-refractivity contribution in [3.05, 3.63) is 106 Å². The number of hydrogen-bond donors (Lipinski definition) is 5. The Bertz CT molecular complexity index is 2470. The van der Waals surface area contributed by atoms with E-state index in [1.54, 1.807) is 23.1 Å². The second-order valence-electron chi connectivity index (χ2n) is 17.0. The van der Waals surface area contributed by atoms with E-state index < -0.39 is 11.9 Å². The molecular formula is C49H54ClN9O6. The number of Topliss-reactive ketones (excluding diaryl/α,β-unsaturated/α-hetero) is 1. The van der Waals surface area contributed by atoms with Gasteiger partial charge in [0.2, 0.25) is 17.8 Å². The Balaban J connectivity index is 0.685. The molecular weight excluding hydrogens is 846 g/mol. The van der Waals surface area contributed by atoms with E-state index in [1.165, 1.54) is 18.7 Å². The minimum atomic E-state index is -0.632. The molecule has 16 heteroatoms. The van der Waals surface area contributed by atoms with Crippen molar-refractivity contribution >= 4 is 64.3 Å². The van der Waals surface area contributed by atoms with Crippen molar-refractivity contribution in [1.29, 1.82) is 0 Å². The fraction of sp³-hybridized carbons (Fsp3) is 0.408. The lowest BCUT2D eigenvalue weighted by Gasteiger charge is -2.35. The van der Waals surface area contributed by atoms with Crippen LogP contribution < -0.4 is 26.6 Å². The molecule has 1 aromatic heterocycles. The van der Waals surface area contributed by atoms with Gasteiger partial charge < -0.3 is 35.8 Å². The van der Waals surface area contributed by atoms with E-state index in [9.17, 15) is 24.0 Å². The number of hydrogen-bond acceptors (Lipinski definition) is 11. The number of amides is 5. The normalized spacial score (nSPS) is 19.8. The molecule has 65 heavy (non-hydrogen) atoms. The van der Waals surface area contributed by atoms with E-state index in [1.807, 2.05) is 41.3 Å². The van der Waals surface area contributed by atoms with Gasteiger partial charge in [-0.2, -0.15) is 4.98 Å². The number of halogens is 1. The van der Waals surface area contributed by atoms with Crippen LogP contribution in [0.1, 0.15) is 108 Å². The van der Waals surface area contributed by atoms with E-state index >= 15 is 0 Å². The van der Waals surface area contributed by atoms with Gasteiger partial charge in [0.25, 0.3) is 5.91 Å². The number of para-hydroxylation sites is 1. The maximum atomic E-state index is 13.2. The largest absolute Gasteiger partial charge is 0.379 e. The molecule has 1 atom stereocenters. The minimum Gasteiger partial charge on any atom is -0.379 e. The Morgan fingerprint density at radius 3 is 2.45 bits per heavy atom. The fourth-order valence-corrected chi connectivity index (χ4v) is 9.15. The monoisotopic (exact) mass is 899 g/mol. The Morgan fingerprint density at radius 1 is 0.908 bits per heavy atom. The third-order valence-corrected chi connectivity index (χ3v) is 12.9. The first-order valence-corrected chi connectivity index (χ1v) is 22.9. The Labute approximate surface area is 383 Å². The predicted molar refractivity (Wildman–Crippen MR) is 247 cm³/mol. The number of rotatable bonds is 14. The average Bonchev–Trinajstić information content (AvgIpc) is 3.63. The molecule has 1 aliphatic carbocycles. The van der Waals surface area contributed by atoms with Crippen LogP contribution in [0.5, 0.6) is 0 Å². The molecule has 3 fully saturated rings. The van der Waals surface area contributed by atoms with Gasteiger partial charge in [-0.05, 0) is 111 Å². The molecule has 0 spiro atoms. The van der Waals surface area contributed by atoms with E-state index in [0.717, 1.165) is 61.9 Å². The van der Waals surface area contributed by atoms with Crippen LogP contribution in [0.15, 0.2) is 72.9 Å². The summed E-state index contributed by atoms with van der Waals surface area (Å²) in [5.41, 5.74) is 5.44. The zero-order valence-corrected chi connectivity index (χ0v) is 37.2. The maximum Gasteiger partial charge on any atom is 0.317 e. The molecule has 5 amide bonds. The quantitative estimate of drug-likeness (QED) is 0.0387. The first-order chi connectivity index (χ1) is 31.6. The number of likely N-dealkylation sites (tertiary alicyclic amines) is 1. The highest BCUT2D eigenvalue weighted by atomic mass is 35.5. The van der Waals surface area contributed by atoms with Gasteiger partial charge in [0.05, 0.1) is 25.1 Å². The number of ketones is 1. The van der Waals surface area contributed by atoms with Crippen LogP contribution in [-0.2, 0) is 20.9 Å². The van der Waals surface area contributed by atoms with E-state index in [4.69, 9.17) is 16.3 Å². The van der Waals surface area contributed by atoms with E-state index in [2.05, 4.69) is 60.5 Å². The number of benzene rings is 3. The van der Waals surface area contributed by atoms with Crippen LogP contribution in [0.3, 0.4) is 0 Å². The van der Waals surface area contributed by atoms with Gasteiger partial charge in [-0.3, -0.25) is 24.5 Å². The summed E-state index contributed by atoms with van der Waals surface area (Å²) in [5, 5.41) is 16.0. The average molecular weight is 900 g/mol. The SMILES string of the molecule is CC(=O)c1ccccc1Nc1nc(Nc2ccc(C3CCN(C(=O)NC4CCC(NCCOCCC#Cc5ccc6c(c5)CN(C5CCC(=O)NC5=O)C6=O)CC4)CC3)cc2)ncc1Cl. The summed E-state index contributed by atoms with van der Waals surface area (Å²) in [7, 11) is 0. The van der Waals surface area contributed by atoms with Crippen LogP contribution in [0.2, 0.25) is 5.02 Å². The van der Waals surface area contributed by atoms with Crippen molar-refractivity contribution in [3.63, 3.8) is 0 Å².